The quantitative estimate of drug-likeness (QED) is 0.884. The van der Waals surface area contributed by atoms with Crippen molar-refractivity contribution in [3.8, 4) is 0 Å². The summed E-state index contributed by atoms with van der Waals surface area (Å²) in [5, 5.41) is 0. The third kappa shape index (κ3) is 4.13. The first-order valence-corrected chi connectivity index (χ1v) is 10.2. The van der Waals surface area contributed by atoms with E-state index in [9.17, 15) is 4.79 Å². The van der Waals surface area contributed by atoms with Gasteiger partial charge in [0.15, 0.2) is 0 Å². The smallest absolute Gasteiger partial charge is 0.255 e. The highest BCUT2D eigenvalue weighted by Crippen LogP contribution is 2.22. The number of ether oxygens (including phenoxy) is 1. The molecule has 0 saturated carbocycles. The van der Waals surface area contributed by atoms with Crippen LogP contribution in [0.4, 0.5) is 5.69 Å². The Morgan fingerprint density at radius 3 is 2.50 bits per heavy atom. The molecule has 2 aliphatic rings. The maximum atomic E-state index is 12.6. The van der Waals surface area contributed by atoms with E-state index < -0.39 is 0 Å². The van der Waals surface area contributed by atoms with Crippen molar-refractivity contribution < 1.29 is 4.74 Å². The van der Waals surface area contributed by atoms with E-state index in [1.165, 1.54) is 11.3 Å². The monoisotopic (exact) mass is 382 g/mol. The Bertz CT molecular complexity index is 877. The zero-order chi connectivity index (χ0) is 19.7. The number of rotatable bonds is 3. The highest BCUT2D eigenvalue weighted by Gasteiger charge is 2.24. The zero-order valence-corrected chi connectivity index (χ0v) is 17.1. The van der Waals surface area contributed by atoms with Crippen LogP contribution in [0.3, 0.4) is 0 Å². The minimum Gasteiger partial charge on any atom is -0.378 e. The summed E-state index contributed by atoms with van der Waals surface area (Å²) in [6.07, 6.45) is 0.828. The van der Waals surface area contributed by atoms with Crippen molar-refractivity contribution in [1.82, 2.24) is 14.9 Å². The summed E-state index contributed by atoms with van der Waals surface area (Å²) in [6.45, 7) is 12.2. The van der Waals surface area contributed by atoms with Gasteiger partial charge in [0.05, 0.1) is 24.5 Å². The molecule has 1 aromatic carbocycles. The topological polar surface area (TPSA) is 61.5 Å². The van der Waals surface area contributed by atoms with E-state index in [4.69, 9.17) is 9.72 Å². The average Bonchev–Trinajstić information content (AvgIpc) is 2.69. The molecular weight excluding hydrogens is 352 g/mol. The molecule has 0 amide bonds. The molecule has 150 valence electrons. The van der Waals surface area contributed by atoms with Gasteiger partial charge in [-0.15, -0.1) is 0 Å². The number of aromatic nitrogens is 2. The number of hydrogen-bond acceptors (Lipinski definition) is 5. The highest BCUT2D eigenvalue weighted by atomic mass is 16.5. The minimum atomic E-state index is -0.145. The summed E-state index contributed by atoms with van der Waals surface area (Å²) in [5.41, 5.74) is 4.19. The van der Waals surface area contributed by atoms with Gasteiger partial charge in [0.1, 0.15) is 5.82 Å². The molecule has 4 rings (SSSR count). The lowest BCUT2D eigenvalue weighted by Gasteiger charge is -2.30. The average molecular weight is 383 g/mol. The summed E-state index contributed by atoms with van der Waals surface area (Å²) in [7, 11) is 0. The molecule has 1 saturated heterocycles. The van der Waals surface area contributed by atoms with E-state index in [2.05, 4.69) is 59.8 Å². The van der Waals surface area contributed by atoms with Gasteiger partial charge in [-0.3, -0.25) is 9.69 Å². The molecule has 1 N–H and O–H groups in total. The summed E-state index contributed by atoms with van der Waals surface area (Å²) < 4.78 is 5.43. The van der Waals surface area contributed by atoms with Crippen LogP contribution >= 0.6 is 0 Å². The van der Waals surface area contributed by atoms with Crippen molar-refractivity contribution in [3.05, 3.63) is 57.3 Å². The van der Waals surface area contributed by atoms with Crippen LogP contribution in [-0.2, 0) is 29.7 Å². The number of fused-ring (bicyclic) bond motifs is 1. The number of nitrogens with zero attached hydrogens (tertiary/aromatic N) is 3. The van der Waals surface area contributed by atoms with E-state index in [0.717, 1.165) is 62.9 Å². The predicted octanol–water partition coefficient (Wildman–Crippen LogP) is 2.46. The number of hydrogen-bond donors (Lipinski definition) is 1. The van der Waals surface area contributed by atoms with Crippen LogP contribution in [0.25, 0.3) is 0 Å². The van der Waals surface area contributed by atoms with Crippen LogP contribution in [0.15, 0.2) is 29.1 Å². The summed E-state index contributed by atoms with van der Waals surface area (Å²) in [5.74, 6) is 0.781. The van der Waals surface area contributed by atoms with Gasteiger partial charge in [-0.1, -0.05) is 32.9 Å². The molecule has 6 nitrogen and oxygen atoms in total. The van der Waals surface area contributed by atoms with Crippen LogP contribution in [0.1, 0.15) is 43.4 Å². The summed E-state index contributed by atoms with van der Waals surface area (Å²) >= 11 is 0. The first-order valence-electron chi connectivity index (χ1n) is 10.2. The van der Waals surface area contributed by atoms with Crippen LogP contribution in [0, 0.1) is 0 Å². The molecule has 2 aromatic rings. The van der Waals surface area contributed by atoms with Crippen LogP contribution in [0.5, 0.6) is 0 Å². The van der Waals surface area contributed by atoms with Gasteiger partial charge in [-0.05, 0) is 17.7 Å². The number of anilines is 1. The van der Waals surface area contributed by atoms with Crippen molar-refractivity contribution in [2.75, 3.05) is 37.7 Å². The lowest BCUT2D eigenvalue weighted by atomic mass is 9.95. The molecule has 0 radical (unpaired) electrons. The highest BCUT2D eigenvalue weighted by molar-refractivity contribution is 5.48. The molecule has 0 atom stereocenters. The molecule has 1 aromatic heterocycles. The largest absolute Gasteiger partial charge is 0.378 e. The van der Waals surface area contributed by atoms with Gasteiger partial charge in [-0.25, -0.2) is 4.98 Å². The molecule has 0 spiro atoms. The maximum Gasteiger partial charge on any atom is 0.255 e. The first kappa shape index (κ1) is 19.2. The van der Waals surface area contributed by atoms with Gasteiger partial charge in [0.2, 0.25) is 0 Å². The third-order valence-electron chi connectivity index (χ3n) is 5.58. The molecule has 28 heavy (non-hydrogen) atoms. The Kier molecular flexibility index (Phi) is 5.25. The van der Waals surface area contributed by atoms with Crippen molar-refractivity contribution in [1.29, 1.82) is 0 Å². The fourth-order valence-corrected chi connectivity index (χ4v) is 3.86. The Morgan fingerprint density at radius 2 is 1.82 bits per heavy atom. The third-order valence-corrected chi connectivity index (χ3v) is 5.58. The Balaban J connectivity index is 1.44. The van der Waals surface area contributed by atoms with Gasteiger partial charge < -0.3 is 14.6 Å². The molecule has 2 aliphatic heterocycles. The maximum absolute atomic E-state index is 12.6. The second-order valence-electron chi connectivity index (χ2n) is 8.82. The standard InChI is InChI=1S/C22H30N4O2/c1-22(2,3)21-23-19-8-9-25(15-18(19)20(27)24-21)14-16-4-6-17(7-5-16)26-10-12-28-13-11-26/h4-7H,8-15H2,1-3H3,(H,23,24,27). The molecule has 0 unspecified atom stereocenters. The van der Waals surface area contributed by atoms with E-state index in [0.29, 0.717) is 6.54 Å². The van der Waals surface area contributed by atoms with Crippen molar-refractivity contribution in [2.45, 2.75) is 45.7 Å². The van der Waals surface area contributed by atoms with Crippen LogP contribution in [-0.4, -0.2) is 47.7 Å². The SMILES string of the molecule is CC(C)(C)c1nc2c(c(=O)[nH]1)CN(Cc1ccc(N3CCOCC3)cc1)CC2. The van der Waals surface area contributed by atoms with Crippen LogP contribution < -0.4 is 10.5 Å². The predicted molar refractivity (Wildman–Crippen MR) is 111 cm³/mol. The number of aromatic amines is 1. The molecule has 0 bridgehead atoms. The van der Waals surface area contributed by atoms with Crippen molar-refractivity contribution >= 4 is 5.69 Å². The van der Waals surface area contributed by atoms with Gasteiger partial charge in [-0.2, -0.15) is 0 Å². The van der Waals surface area contributed by atoms with Gasteiger partial charge in [0.25, 0.3) is 5.56 Å². The number of nitrogens with one attached hydrogen (secondary N) is 1. The van der Waals surface area contributed by atoms with E-state index in [-0.39, 0.29) is 11.0 Å². The Labute approximate surface area is 166 Å². The molecular formula is C22H30N4O2. The number of morpholine rings is 1. The molecule has 6 heteroatoms. The number of H-pyrrole nitrogens is 1. The second kappa shape index (κ2) is 7.68. The normalized spacial score (nSPS) is 18.2. The van der Waals surface area contributed by atoms with Crippen molar-refractivity contribution in [3.63, 3.8) is 0 Å². The summed E-state index contributed by atoms with van der Waals surface area (Å²) in [4.78, 5) is 25.1. The van der Waals surface area contributed by atoms with Crippen molar-refractivity contribution in [2.24, 2.45) is 0 Å². The van der Waals surface area contributed by atoms with Gasteiger partial charge in [0, 0.05) is 50.2 Å². The first-order chi connectivity index (χ1) is 13.4. The minimum absolute atomic E-state index is 0.0160. The van der Waals surface area contributed by atoms with Gasteiger partial charge >= 0.3 is 0 Å². The molecule has 1 fully saturated rings. The second-order valence-corrected chi connectivity index (χ2v) is 8.82. The molecule has 3 heterocycles. The fraction of sp³-hybridized carbons (Fsp3) is 0.545. The fourth-order valence-electron chi connectivity index (χ4n) is 3.86. The van der Waals surface area contributed by atoms with Crippen LogP contribution in [0.2, 0.25) is 0 Å². The molecule has 0 aliphatic carbocycles. The lowest BCUT2D eigenvalue weighted by Crippen LogP contribution is -2.37. The summed E-state index contributed by atoms with van der Waals surface area (Å²) in [6, 6.07) is 8.79. The Hall–Kier alpha value is -2.18. The van der Waals surface area contributed by atoms with E-state index in [1.807, 2.05) is 0 Å². The van der Waals surface area contributed by atoms with E-state index in [1.54, 1.807) is 0 Å². The zero-order valence-electron chi connectivity index (χ0n) is 17.1. The Morgan fingerprint density at radius 1 is 1.11 bits per heavy atom. The lowest BCUT2D eigenvalue weighted by molar-refractivity contribution is 0.122. The van der Waals surface area contributed by atoms with E-state index >= 15 is 0 Å². The number of benzene rings is 1.